The molecule has 0 radical (unpaired) electrons. The highest BCUT2D eigenvalue weighted by molar-refractivity contribution is 5.81. The second kappa shape index (κ2) is 5.49. The van der Waals surface area contributed by atoms with E-state index in [1.807, 2.05) is 27.7 Å². The molecule has 3 heteroatoms. The van der Waals surface area contributed by atoms with Crippen molar-refractivity contribution in [3.8, 4) is 0 Å². The minimum atomic E-state index is -0.304. The fraction of sp³-hybridized carbons (Fsp3) is 0.929. The van der Waals surface area contributed by atoms with E-state index in [-0.39, 0.29) is 22.4 Å². The van der Waals surface area contributed by atoms with Crippen LogP contribution in [0, 0.1) is 10.8 Å². The van der Waals surface area contributed by atoms with Gasteiger partial charge in [0.15, 0.2) is 0 Å². The Morgan fingerprint density at radius 3 is 1.53 bits per heavy atom. The summed E-state index contributed by atoms with van der Waals surface area (Å²) in [4.78, 5) is 20.4. The number of Topliss-reactive ketones (excluding diaryl/α,β-unsaturated/α-hetero) is 1. The van der Waals surface area contributed by atoms with E-state index in [0.29, 0.717) is 0 Å². The summed E-state index contributed by atoms with van der Waals surface area (Å²) in [5.41, 5.74) is 0.0486. The molecule has 0 saturated carbocycles. The van der Waals surface area contributed by atoms with Crippen molar-refractivity contribution in [2.45, 2.75) is 74.0 Å². The molecule has 0 bridgehead atoms. The van der Waals surface area contributed by atoms with Crippen LogP contribution < -0.4 is 0 Å². The molecule has 1 fully saturated rings. The minimum Gasteiger partial charge on any atom is -0.299 e. The van der Waals surface area contributed by atoms with Crippen molar-refractivity contribution in [1.82, 2.24) is 0 Å². The Balaban J connectivity index is 0.000000304. The maximum atomic E-state index is 10.7. The van der Waals surface area contributed by atoms with E-state index in [4.69, 9.17) is 9.78 Å². The first kappa shape index (κ1) is 16.6. The number of carbonyl (C=O) groups is 1. The SMILES string of the molecule is CCC(C)(C)C(C)=O.CCC(C)(C)C1(C)OO1. The molecule has 0 spiro atoms. The van der Waals surface area contributed by atoms with Crippen LogP contribution in [0.4, 0.5) is 0 Å². The molecule has 0 aromatic carbocycles. The molecule has 0 aromatic rings. The van der Waals surface area contributed by atoms with Gasteiger partial charge in [0.25, 0.3) is 0 Å². The lowest BCUT2D eigenvalue weighted by atomic mass is 9.83. The van der Waals surface area contributed by atoms with Gasteiger partial charge in [0.2, 0.25) is 5.79 Å². The van der Waals surface area contributed by atoms with E-state index in [9.17, 15) is 4.79 Å². The van der Waals surface area contributed by atoms with E-state index >= 15 is 0 Å². The van der Waals surface area contributed by atoms with E-state index < -0.39 is 0 Å². The lowest BCUT2D eigenvalue weighted by Crippen LogP contribution is -2.28. The molecule has 1 rings (SSSR count). The highest BCUT2D eigenvalue weighted by Gasteiger charge is 2.55. The Morgan fingerprint density at radius 2 is 1.47 bits per heavy atom. The van der Waals surface area contributed by atoms with E-state index in [0.717, 1.165) is 12.8 Å². The summed E-state index contributed by atoms with van der Waals surface area (Å²) in [5, 5.41) is 0. The quantitative estimate of drug-likeness (QED) is 0.552. The zero-order valence-electron chi connectivity index (χ0n) is 12.6. The molecule has 1 aliphatic heterocycles. The second-order valence-corrected chi connectivity index (χ2v) is 6.14. The van der Waals surface area contributed by atoms with Gasteiger partial charge in [-0.05, 0) is 26.7 Å². The monoisotopic (exact) mass is 244 g/mol. The smallest absolute Gasteiger partial charge is 0.236 e. The number of rotatable bonds is 4. The highest BCUT2D eigenvalue weighted by Crippen LogP contribution is 2.47. The molecule has 0 unspecified atom stereocenters. The van der Waals surface area contributed by atoms with Crippen LogP contribution in [0.2, 0.25) is 0 Å². The largest absolute Gasteiger partial charge is 0.299 e. The van der Waals surface area contributed by atoms with Crippen LogP contribution in [0.15, 0.2) is 0 Å². The average molecular weight is 244 g/mol. The predicted molar refractivity (Wildman–Crippen MR) is 69.4 cm³/mol. The zero-order chi connectivity index (χ0) is 13.9. The molecule has 1 saturated heterocycles. The molecule has 0 amide bonds. The van der Waals surface area contributed by atoms with Crippen LogP contribution in [-0.4, -0.2) is 11.6 Å². The Labute approximate surface area is 106 Å². The van der Waals surface area contributed by atoms with Crippen molar-refractivity contribution in [3.05, 3.63) is 0 Å². The molecule has 0 aliphatic carbocycles. The summed E-state index contributed by atoms with van der Waals surface area (Å²) in [6.45, 7) is 16.0. The summed E-state index contributed by atoms with van der Waals surface area (Å²) >= 11 is 0. The van der Waals surface area contributed by atoms with Crippen LogP contribution in [0.5, 0.6) is 0 Å². The Bertz CT molecular complexity index is 263. The van der Waals surface area contributed by atoms with Crippen molar-refractivity contribution < 1.29 is 14.6 Å². The summed E-state index contributed by atoms with van der Waals surface area (Å²) in [7, 11) is 0. The van der Waals surface area contributed by atoms with Gasteiger partial charge in [-0.1, -0.05) is 41.5 Å². The number of ketones is 1. The highest BCUT2D eigenvalue weighted by atomic mass is 17.4. The first-order valence-corrected chi connectivity index (χ1v) is 6.40. The van der Waals surface area contributed by atoms with Gasteiger partial charge in [-0.2, -0.15) is 9.78 Å². The molecule has 17 heavy (non-hydrogen) atoms. The second-order valence-electron chi connectivity index (χ2n) is 6.14. The van der Waals surface area contributed by atoms with Gasteiger partial charge in [0, 0.05) is 10.8 Å². The van der Waals surface area contributed by atoms with E-state index in [1.54, 1.807) is 6.92 Å². The van der Waals surface area contributed by atoms with Gasteiger partial charge in [-0.15, -0.1) is 0 Å². The van der Waals surface area contributed by atoms with E-state index in [2.05, 4.69) is 20.8 Å². The van der Waals surface area contributed by atoms with Crippen LogP contribution in [0.25, 0.3) is 0 Å². The first-order valence-electron chi connectivity index (χ1n) is 6.40. The van der Waals surface area contributed by atoms with Gasteiger partial charge < -0.3 is 0 Å². The summed E-state index contributed by atoms with van der Waals surface area (Å²) < 4.78 is 0. The van der Waals surface area contributed by atoms with Crippen molar-refractivity contribution in [3.63, 3.8) is 0 Å². The van der Waals surface area contributed by atoms with E-state index in [1.165, 1.54) is 0 Å². The van der Waals surface area contributed by atoms with Crippen molar-refractivity contribution in [2.24, 2.45) is 10.8 Å². The fourth-order valence-corrected chi connectivity index (χ4v) is 0.858. The minimum absolute atomic E-state index is 0.0972. The van der Waals surface area contributed by atoms with Gasteiger partial charge >= 0.3 is 0 Å². The average Bonchev–Trinajstić information content (AvgIpc) is 2.99. The van der Waals surface area contributed by atoms with Gasteiger partial charge in [0.1, 0.15) is 5.78 Å². The van der Waals surface area contributed by atoms with Crippen molar-refractivity contribution in [1.29, 1.82) is 0 Å². The number of hydrogen-bond acceptors (Lipinski definition) is 3. The lowest BCUT2D eigenvalue weighted by molar-refractivity contribution is -0.124. The summed E-state index contributed by atoms with van der Waals surface area (Å²) in [6, 6.07) is 0. The number of hydrogen-bond donors (Lipinski definition) is 0. The molecule has 0 atom stereocenters. The van der Waals surface area contributed by atoms with Gasteiger partial charge in [0.05, 0.1) is 0 Å². The fourth-order valence-electron chi connectivity index (χ4n) is 0.858. The van der Waals surface area contributed by atoms with Crippen molar-refractivity contribution >= 4 is 5.78 Å². The van der Waals surface area contributed by atoms with Crippen LogP contribution >= 0.6 is 0 Å². The van der Waals surface area contributed by atoms with Crippen LogP contribution in [0.1, 0.15) is 68.2 Å². The molecule has 0 aromatic heterocycles. The molecule has 1 aliphatic rings. The molecule has 3 nitrogen and oxygen atoms in total. The molecule has 1 heterocycles. The van der Waals surface area contributed by atoms with Crippen molar-refractivity contribution in [2.75, 3.05) is 0 Å². The first-order chi connectivity index (χ1) is 7.52. The topological polar surface area (TPSA) is 42.1 Å². The predicted octanol–water partition coefficient (Wildman–Crippen LogP) is 4.11. The Kier molecular flexibility index (Phi) is 5.36. The molecular weight excluding hydrogens is 216 g/mol. The van der Waals surface area contributed by atoms with Crippen LogP contribution in [0.3, 0.4) is 0 Å². The number of carbonyl (C=O) groups excluding carboxylic acids is 1. The lowest BCUT2D eigenvalue weighted by Gasteiger charge is -2.22. The van der Waals surface area contributed by atoms with Crippen LogP contribution in [-0.2, 0) is 14.6 Å². The molecule has 102 valence electrons. The Morgan fingerprint density at radius 1 is 1.06 bits per heavy atom. The standard InChI is InChI=1S/C7H14O2.C7H14O/c1-5-6(2,3)7(4)8-9-7;1-5-7(3,4)6(2)8/h5H2,1-4H3;5H2,1-4H3. The third-order valence-electron chi connectivity index (χ3n) is 4.28. The zero-order valence-corrected chi connectivity index (χ0v) is 12.6. The molecular formula is C14H28O3. The third kappa shape index (κ3) is 4.40. The summed E-state index contributed by atoms with van der Waals surface area (Å²) in [5.74, 6) is -0.0260. The Hall–Kier alpha value is -0.410. The third-order valence-corrected chi connectivity index (χ3v) is 4.28. The normalized spacial score (nSPS) is 18.1. The maximum absolute atomic E-state index is 10.7. The molecule has 0 N–H and O–H groups in total. The maximum Gasteiger partial charge on any atom is 0.236 e. The van der Waals surface area contributed by atoms with Gasteiger partial charge in [-0.25, -0.2) is 0 Å². The van der Waals surface area contributed by atoms with Gasteiger partial charge in [-0.3, -0.25) is 4.79 Å². The summed E-state index contributed by atoms with van der Waals surface area (Å²) in [6.07, 6.45) is 2.01.